The van der Waals surface area contributed by atoms with Gasteiger partial charge in [0.1, 0.15) is 0 Å². The van der Waals surface area contributed by atoms with Gasteiger partial charge in [0, 0.05) is 19.8 Å². The van der Waals surface area contributed by atoms with E-state index in [1.807, 2.05) is 16.7 Å². The molecular formula is C20H27F3N5NaO3S. The topological polar surface area (TPSA) is 87.5 Å². The molecule has 1 aromatic carbocycles. The Bertz CT molecular complexity index is 1100. The van der Waals surface area contributed by atoms with Crippen molar-refractivity contribution < 1.29 is 57.4 Å². The number of carbonyl (C=O) groups excluding carboxylic acids is 1. The van der Waals surface area contributed by atoms with Crippen molar-refractivity contribution in [3.05, 3.63) is 47.3 Å². The van der Waals surface area contributed by atoms with Crippen LogP contribution >= 0.6 is 0 Å². The van der Waals surface area contributed by atoms with Gasteiger partial charge in [0.05, 0.1) is 29.9 Å². The molecular weight excluding hydrogens is 470 g/mol. The first-order valence-corrected chi connectivity index (χ1v) is 11.5. The molecule has 1 amide bonds. The van der Waals surface area contributed by atoms with Gasteiger partial charge in [-0.05, 0) is 51.1 Å². The number of likely N-dealkylation sites (tertiary alicyclic amines) is 1. The summed E-state index contributed by atoms with van der Waals surface area (Å²) in [5.74, 6) is -0.915. The van der Waals surface area contributed by atoms with Crippen molar-refractivity contribution in [2.24, 2.45) is 7.05 Å². The summed E-state index contributed by atoms with van der Waals surface area (Å²) >= 11 is 0. The zero-order valence-corrected chi connectivity index (χ0v) is 21.9. The van der Waals surface area contributed by atoms with Gasteiger partial charge in [-0.15, -0.1) is 0 Å². The molecule has 1 aromatic heterocycles. The van der Waals surface area contributed by atoms with Crippen molar-refractivity contribution in [1.82, 2.24) is 19.4 Å². The fourth-order valence-electron chi connectivity index (χ4n) is 3.94. The van der Waals surface area contributed by atoms with Gasteiger partial charge in [0.2, 0.25) is 5.91 Å². The Hall–Kier alpha value is -1.60. The second-order valence-corrected chi connectivity index (χ2v) is 9.69. The number of benzene rings is 1. The average molecular weight is 498 g/mol. The first-order valence-electron chi connectivity index (χ1n) is 10.0. The van der Waals surface area contributed by atoms with Gasteiger partial charge in [-0.2, -0.15) is 26.7 Å². The van der Waals surface area contributed by atoms with Crippen molar-refractivity contribution >= 4 is 21.8 Å². The van der Waals surface area contributed by atoms with E-state index >= 15 is 0 Å². The Morgan fingerprint density at radius 1 is 1.30 bits per heavy atom. The largest absolute Gasteiger partial charge is 1.00 e. The number of hydrogen-bond acceptors (Lipinski definition) is 5. The van der Waals surface area contributed by atoms with Crippen LogP contribution in [-0.2, 0) is 34.6 Å². The smallest absolute Gasteiger partial charge is 1.00 e. The van der Waals surface area contributed by atoms with Gasteiger partial charge >= 0.3 is 45.9 Å². The minimum Gasteiger partial charge on any atom is -1.00 e. The number of likely N-dealkylation sites (N-methyl/N-ethyl adjacent to an activating group) is 1. The Labute approximate surface area is 215 Å². The Morgan fingerprint density at radius 2 is 2.00 bits per heavy atom. The quantitative estimate of drug-likeness (QED) is 0.537. The fraction of sp³-hybridized carbons (Fsp3) is 0.500. The van der Waals surface area contributed by atoms with Crippen molar-refractivity contribution in [3.63, 3.8) is 0 Å². The molecule has 3 rings (SSSR count). The van der Waals surface area contributed by atoms with E-state index in [1.54, 1.807) is 7.05 Å². The number of rotatable bonds is 6. The number of carbonyl (C=O) groups is 1. The molecule has 0 spiro atoms. The molecule has 1 fully saturated rings. The van der Waals surface area contributed by atoms with Crippen LogP contribution in [0, 0.1) is 6.92 Å². The molecule has 1 saturated heterocycles. The molecule has 1 unspecified atom stereocenters. The van der Waals surface area contributed by atoms with Gasteiger partial charge < -0.3 is 6.33 Å². The maximum Gasteiger partial charge on any atom is 1.00 e. The minimum atomic E-state index is -4.56. The predicted octanol–water partition coefficient (Wildman–Crippen LogP) is -0.632. The van der Waals surface area contributed by atoms with Gasteiger partial charge in [-0.3, -0.25) is 9.48 Å². The van der Waals surface area contributed by atoms with E-state index in [-0.39, 0.29) is 36.5 Å². The molecule has 2 aromatic rings. The summed E-state index contributed by atoms with van der Waals surface area (Å²) in [5.41, 5.74) is -0.170. The number of alkyl halides is 3. The van der Waals surface area contributed by atoms with Gasteiger partial charge in [-0.25, -0.2) is 9.03 Å². The van der Waals surface area contributed by atoms with Gasteiger partial charge in [0.15, 0.2) is 0 Å². The fourth-order valence-corrected chi connectivity index (χ4v) is 5.34. The van der Waals surface area contributed by atoms with Crippen LogP contribution in [0.1, 0.15) is 31.0 Å². The van der Waals surface area contributed by atoms with Gasteiger partial charge in [0.25, 0.3) is 0 Å². The number of nitrogens with one attached hydrogen (secondary N) is 1. The third-order valence-corrected chi connectivity index (χ3v) is 6.72. The van der Waals surface area contributed by atoms with E-state index in [1.165, 1.54) is 30.1 Å². The van der Waals surface area contributed by atoms with Crippen molar-refractivity contribution in [2.45, 2.75) is 38.4 Å². The summed E-state index contributed by atoms with van der Waals surface area (Å²) in [6, 6.07) is 2.84. The van der Waals surface area contributed by atoms with Crippen LogP contribution in [0.15, 0.2) is 30.6 Å². The molecule has 8 nitrogen and oxygen atoms in total. The SMILES string of the molecule is Cc1cc(CC(=O)NS(=O)(=O)N(c2cnn(C)c2)C2CCCN(C)C2)cc(C(F)(F)F)c1.[H-].[Na+]. The summed E-state index contributed by atoms with van der Waals surface area (Å²) in [5, 5.41) is 4.03. The standard InChI is InChI=1S/C20H26F3N5O3S.Na.H/c1-14-7-15(9-16(8-14)20(21,22)23)10-19(29)25-32(30,31)28(18-11-24-27(3)13-18)17-5-4-6-26(2)12-17;;/h7-9,11,13,17H,4-6,10,12H2,1-3H3,(H,25,29);;/q;+1;-1. The van der Waals surface area contributed by atoms with Crippen molar-refractivity contribution in [2.75, 3.05) is 24.4 Å². The summed E-state index contributed by atoms with van der Waals surface area (Å²) in [6.07, 6.45) is -0.752. The zero-order valence-electron chi connectivity index (χ0n) is 20.1. The number of anilines is 1. The minimum absolute atomic E-state index is 0. The van der Waals surface area contributed by atoms with Crippen molar-refractivity contribution in [1.29, 1.82) is 0 Å². The van der Waals surface area contributed by atoms with Crippen LogP contribution in [-0.4, -0.2) is 55.2 Å². The maximum absolute atomic E-state index is 13.2. The first kappa shape index (κ1) is 27.6. The number of amides is 1. The van der Waals surface area contributed by atoms with E-state index in [9.17, 15) is 26.4 Å². The van der Waals surface area contributed by atoms with E-state index in [4.69, 9.17) is 0 Å². The summed E-state index contributed by atoms with van der Waals surface area (Å²) in [7, 11) is -0.789. The number of halogens is 3. The van der Waals surface area contributed by atoms with Crippen LogP contribution in [0.5, 0.6) is 0 Å². The second kappa shape index (κ2) is 10.8. The Balaban J connectivity index is 0.00000289. The molecule has 1 aliphatic heterocycles. The third-order valence-electron chi connectivity index (χ3n) is 5.21. The average Bonchev–Trinajstić information content (AvgIpc) is 3.05. The predicted molar refractivity (Wildman–Crippen MR) is 114 cm³/mol. The van der Waals surface area contributed by atoms with Crippen LogP contribution in [0.2, 0.25) is 0 Å². The van der Waals surface area contributed by atoms with Crippen LogP contribution in [0.3, 0.4) is 0 Å². The van der Waals surface area contributed by atoms with E-state index in [0.29, 0.717) is 24.2 Å². The summed E-state index contributed by atoms with van der Waals surface area (Å²) in [6.45, 7) is 2.78. The molecule has 1 aliphatic rings. The number of piperidine rings is 1. The molecule has 2 heterocycles. The molecule has 0 aliphatic carbocycles. The number of aryl methyl sites for hydroxylation is 2. The molecule has 0 radical (unpaired) electrons. The van der Waals surface area contributed by atoms with E-state index in [0.717, 1.165) is 29.4 Å². The number of hydrogen-bond donors (Lipinski definition) is 1. The second-order valence-electron chi connectivity index (χ2n) is 8.14. The number of aromatic nitrogens is 2. The molecule has 1 atom stereocenters. The van der Waals surface area contributed by atoms with Gasteiger partial charge in [-0.1, -0.05) is 11.6 Å². The Kier molecular flexibility index (Phi) is 9.02. The van der Waals surface area contributed by atoms with E-state index in [2.05, 4.69) is 5.10 Å². The normalized spacial score (nSPS) is 17.3. The molecule has 178 valence electrons. The van der Waals surface area contributed by atoms with Crippen LogP contribution in [0.4, 0.5) is 18.9 Å². The maximum atomic E-state index is 13.2. The molecule has 13 heteroatoms. The summed E-state index contributed by atoms with van der Waals surface area (Å²) < 4.78 is 70.2. The molecule has 0 saturated carbocycles. The zero-order chi connectivity index (χ0) is 23.7. The van der Waals surface area contributed by atoms with Crippen molar-refractivity contribution in [3.8, 4) is 0 Å². The molecule has 0 bridgehead atoms. The third kappa shape index (κ3) is 7.19. The van der Waals surface area contributed by atoms with Crippen LogP contribution in [0.25, 0.3) is 0 Å². The molecule has 33 heavy (non-hydrogen) atoms. The van der Waals surface area contributed by atoms with Crippen LogP contribution < -0.4 is 38.6 Å². The number of nitrogens with zero attached hydrogens (tertiary/aromatic N) is 4. The summed E-state index contributed by atoms with van der Waals surface area (Å²) in [4.78, 5) is 14.6. The monoisotopic (exact) mass is 497 g/mol. The first-order chi connectivity index (χ1) is 14.8. The Morgan fingerprint density at radius 3 is 2.58 bits per heavy atom. The van der Waals surface area contributed by atoms with E-state index < -0.39 is 40.3 Å². The molecule has 1 N–H and O–H groups in total.